The zero-order valence-electron chi connectivity index (χ0n) is 17.0. The third kappa shape index (κ3) is 3.63. The molecule has 2 bridgehead atoms. The van der Waals surface area contributed by atoms with Crippen molar-refractivity contribution >= 4 is 11.7 Å². The minimum Gasteiger partial charge on any atom is -0.347 e. The molecule has 3 aliphatic rings. The van der Waals surface area contributed by atoms with Gasteiger partial charge in [0, 0.05) is 42.5 Å². The molecule has 5 rings (SSSR count). The van der Waals surface area contributed by atoms with Gasteiger partial charge in [0.25, 0.3) is 0 Å². The minimum atomic E-state index is -0.644. The Balaban J connectivity index is 1.23. The first kappa shape index (κ1) is 19.9. The number of likely N-dealkylation sites (tertiary alicyclic amines) is 1. The Hall–Kier alpha value is -3.05. The molecule has 2 unspecified atom stereocenters. The van der Waals surface area contributed by atoms with Gasteiger partial charge in [-0.3, -0.25) is 10.1 Å². The van der Waals surface area contributed by atoms with E-state index in [0.717, 1.165) is 30.8 Å². The third-order valence-electron chi connectivity index (χ3n) is 6.75. The SMILES string of the molecule is N#Cc1ccc(N2C3CCC2CN(C(=O)CNC2(c4cc(F)ccc4F)CC2)C3)nc1. The maximum Gasteiger partial charge on any atom is 0.236 e. The van der Waals surface area contributed by atoms with Crippen LogP contribution in [-0.4, -0.2) is 47.5 Å². The lowest BCUT2D eigenvalue weighted by Crippen LogP contribution is -2.57. The first-order chi connectivity index (χ1) is 15.0. The number of rotatable bonds is 5. The highest BCUT2D eigenvalue weighted by atomic mass is 19.1. The second-order valence-electron chi connectivity index (χ2n) is 8.67. The molecule has 1 amide bonds. The summed E-state index contributed by atoms with van der Waals surface area (Å²) in [6.07, 6.45) is 4.93. The van der Waals surface area contributed by atoms with Crippen LogP contribution in [0.1, 0.15) is 36.8 Å². The van der Waals surface area contributed by atoms with Crippen molar-refractivity contribution in [3.8, 4) is 6.07 Å². The zero-order chi connectivity index (χ0) is 21.6. The van der Waals surface area contributed by atoms with E-state index in [9.17, 15) is 13.6 Å². The number of carbonyl (C=O) groups excluding carboxylic acids is 1. The normalized spacial score (nSPS) is 23.5. The summed E-state index contributed by atoms with van der Waals surface area (Å²) in [5.74, 6) is -0.0944. The Kier molecular flexibility index (Phi) is 4.86. The van der Waals surface area contributed by atoms with Crippen molar-refractivity contribution in [2.75, 3.05) is 24.5 Å². The van der Waals surface area contributed by atoms with Crippen molar-refractivity contribution in [2.24, 2.45) is 0 Å². The van der Waals surface area contributed by atoms with Gasteiger partial charge in [-0.1, -0.05) is 0 Å². The summed E-state index contributed by atoms with van der Waals surface area (Å²) < 4.78 is 27.8. The second-order valence-corrected chi connectivity index (χ2v) is 8.67. The Bertz CT molecular complexity index is 1030. The highest BCUT2D eigenvalue weighted by Gasteiger charge is 2.47. The van der Waals surface area contributed by atoms with Crippen LogP contribution in [-0.2, 0) is 10.3 Å². The third-order valence-corrected chi connectivity index (χ3v) is 6.75. The van der Waals surface area contributed by atoms with Crippen LogP contribution in [0.4, 0.5) is 14.6 Å². The molecule has 8 heteroatoms. The minimum absolute atomic E-state index is 0.0209. The van der Waals surface area contributed by atoms with Crippen LogP contribution >= 0.6 is 0 Å². The molecule has 1 aliphatic carbocycles. The van der Waals surface area contributed by atoms with Gasteiger partial charge in [-0.15, -0.1) is 0 Å². The topological polar surface area (TPSA) is 72.3 Å². The van der Waals surface area contributed by atoms with Crippen LogP contribution in [0.15, 0.2) is 36.5 Å². The summed E-state index contributed by atoms with van der Waals surface area (Å²) >= 11 is 0. The van der Waals surface area contributed by atoms with E-state index in [1.807, 2.05) is 11.0 Å². The molecule has 31 heavy (non-hydrogen) atoms. The lowest BCUT2D eigenvalue weighted by molar-refractivity contribution is -0.131. The van der Waals surface area contributed by atoms with E-state index in [1.54, 1.807) is 12.3 Å². The Morgan fingerprint density at radius 1 is 1.19 bits per heavy atom. The number of pyridine rings is 1. The summed E-state index contributed by atoms with van der Waals surface area (Å²) in [4.78, 5) is 21.5. The fourth-order valence-corrected chi connectivity index (χ4v) is 4.97. The molecule has 2 aliphatic heterocycles. The lowest BCUT2D eigenvalue weighted by atomic mass is 10.0. The summed E-state index contributed by atoms with van der Waals surface area (Å²) in [6.45, 7) is 1.32. The van der Waals surface area contributed by atoms with Gasteiger partial charge in [0.05, 0.1) is 12.1 Å². The zero-order valence-corrected chi connectivity index (χ0v) is 17.0. The smallest absolute Gasteiger partial charge is 0.236 e. The average molecular weight is 423 g/mol. The molecule has 2 saturated heterocycles. The monoisotopic (exact) mass is 423 g/mol. The number of carbonyl (C=O) groups is 1. The number of piperazine rings is 1. The van der Waals surface area contributed by atoms with Crippen LogP contribution < -0.4 is 10.2 Å². The highest BCUT2D eigenvalue weighted by Crippen LogP contribution is 2.46. The lowest BCUT2D eigenvalue weighted by Gasteiger charge is -2.42. The molecule has 2 atom stereocenters. The highest BCUT2D eigenvalue weighted by molar-refractivity contribution is 5.79. The van der Waals surface area contributed by atoms with Crippen LogP contribution in [0.3, 0.4) is 0 Å². The maximum absolute atomic E-state index is 14.2. The van der Waals surface area contributed by atoms with E-state index >= 15 is 0 Å². The molecule has 160 valence electrons. The number of hydrogen-bond acceptors (Lipinski definition) is 5. The molecule has 1 saturated carbocycles. The van der Waals surface area contributed by atoms with Gasteiger partial charge >= 0.3 is 0 Å². The van der Waals surface area contributed by atoms with Crippen molar-refractivity contribution in [1.82, 2.24) is 15.2 Å². The van der Waals surface area contributed by atoms with E-state index in [2.05, 4.69) is 21.3 Å². The number of aromatic nitrogens is 1. The Morgan fingerprint density at radius 3 is 2.55 bits per heavy atom. The van der Waals surface area contributed by atoms with Gasteiger partial charge in [-0.2, -0.15) is 5.26 Å². The predicted octanol–water partition coefficient (Wildman–Crippen LogP) is 2.69. The molecular weight excluding hydrogens is 400 g/mol. The number of amides is 1. The van der Waals surface area contributed by atoms with E-state index in [4.69, 9.17) is 5.26 Å². The van der Waals surface area contributed by atoms with E-state index in [0.29, 0.717) is 37.1 Å². The summed E-state index contributed by atoms with van der Waals surface area (Å²) in [7, 11) is 0. The molecular formula is C23H23F2N5O. The summed E-state index contributed by atoms with van der Waals surface area (Å²) in [5.41, 5.74) is 0.187. The second kappa shape index (κ2) is 7.57. The van der Waals surface area contributed by atoms with E-state index in [-0.39, 0.29) is 24.5 Å². The fourth-order valence-electron chi connectivity index (χ4n) is 4.97. The number of hydrogen-bond donors (Lipinski definition) is 1. The standard InChI is InChI=1S/C23H23F2N5O/c24-16-2-5-20(25)19(9-16)23(7-8-23)28-12-22(31)29-13-17-3-4-18(14-29)30(17)21-6-1-15(10-26)11-27-21/h1-2,5-6,9,11,17-18,28H,3-4,7-8,12-14H2. The number of benzene rings is 1. The largest absolute Gasteiger partial charge is 0.347 e. The van der Waals surface area contributed by atoms with Gasteiger partial charge in [-0.05, 0) is 56.0 Å². The van der Waals surface area contributed by atoms with Crippen LogP contribution in [0.5, 0.6) is 0 Å². The van der Waals surface area contributed by atoms with Crippen molar-refractivity contribution in [3.63, 3.8) is 0 Å². The first-order valence-electron chi connectivity index (χ1n) is 10.6. The number of anilines is 1. The quantitative estimate of drug-likeness (QED) is 0.801. The fraction of sp³-hybridized carbons (Fsp3) is 0.435. The molecule has 1 aromatic heterocycles. The Morgan fingerprint density at radius 2 is 1.94 bits per heavy atom. The van der Waals surface area contributed by atoms with Gasteiger partial charge in [-0.25, -0.2) is 13.8 Å². The molecule has 2 aromatic rings. The van der Waals surface area contributed by atoms with Gasteiger partial charge < -0.3 is 9.80 Å². The van der Waals surface area contributed by atoms with Crippen molar-refractivity contribution in [3.05, 3.63) is 59.3 Å². The average Bonchev–Trinajstić information content (AvgIpc) is 3.53. The van der Waals surface area contributed by atoms with Crippen LogP contribution in [0.25, 0.3) is 0 Å². The number of nitrogens with one attached hydrogen (secondary N) is 1. The summed E-state index contributed by atoms with van der Waals surface area (Å²) in [6, 6.07) is 9.58. The predicted molar refractivity (Wildman–Crippen MR) is 110 cm³/mol. The Labute approximate surface area is 179 Å². The van der Waals surface area contributed by atoms with Gasteiger partial charge in [0.1, 0.15) is 23.5 Å². The van der Waals surface area contributed by atoms with Crippen molar-refractivity contribution in [1.29, 1.82) is 5.26 Å². The number of nitriles is 1. The molecule has 1 aromatic carbocycles. The first-order valence-corrected chi connectivity index (χ1v) is 10.6. The molecule has 6 nitrogen and oxygen atoms in total. The van der Waals surface area contributed by atoms with Crippen molar-refractivity contribution in [2.45, 2.75) is 43.3 Å². The van der Waals surface area contributed by atoms with Gasteiger partial charge in [0.15, 0.2) is 0 Å². The molecule has 1 N–H and O–H groups in total. The van der Waals surface area contributed by atoms with E-state index < -0.39 is 17.2 Å². The number of halogens is 2. The number of nitrogens with zero attached hydrogens (tertiary/aromatic N) is 4. The van der Waals surface area contributed by atoms with Crippen LogP contribution in [0.2, 0.25) is 0 Å². The number of fused-ring (bicyclic) bond motifs is 2. The van der Waals surface area contributed by atoms with E-state index in [1.165, 1.54) is 6.07 Å². The molecule has 0 radical (unpaired) electrons. The molecule has 3 fully saturated rings. The maximum atomic E-state index is 14.2. The summed E-state index contributed by atoms with van der Waals surface area (Å²) in [5, 5.41) is 12.2. The molecule has 0 spiro atoms. The van der Waals surface area contributed by atoms with Gasteiger partial charge in [0.2, 0.25) is 5.91 Å². The molecule has 3 heterocycles. The van der Waals surface area contributed by atoms with Crippen molar-refractivity contribution < 1.29 is 13.6 Å². The van der Waals surface area contributed by atoms with Crippen LogP contribution in [0, 0.1) is 23.0 Å².